The molecule has 0 radical (unpaired) electrons. The Balaban J connectivity index is 2.75. The molecule has 1 aromatic carbocycles. The van der Waals surface area contributed by atoms with E-state index in [1.807, 2.05) is 25.1 Å². The van der Waals surface area contributed by atoms with Crippen molar-refractivity contribution >= 4 is 11.5 Å². The third kappa shape index (κ3) is 5.50. The van der Waals surface area contributed by atoms with Gasteiger partial charge in [0.15, 0.2) is 0 Å². The Labute approximate surface area is 127 Å². The molecule has 0 unspecified atom stereocenters. The van der Waals surface area contributed by atoms with Crippen LogP contribution in [0.5, 0.6) is 11.5 Å². The molecule has 0 heterocycles. The van der Waals surface area contributed by atoms with Gasteiger partial charge >= 0.3 is 0 Å². The van der Waals surface area contributed by atoms with Crippen molar-refractivity contribution in [3.05, 3.63) is 29.8 Å². The van der Waals surface area contributed by atoms with Crippen molar-refractivity contribution < 1.29 is 14.3 Å². The number of methoxy groups -OCH3 is 2. The Kier molecular flexibility index (Phi) is 7.37. The van der Waals surface area contributed by atoms with Crippen molar-refractivity contribution in [3.8, 4) is 11.5 Å². The number of ether oxygens (including phenoxy) is 2. The summed E-state index contributed by atoms with van der Waals surface area (Å²) in [6.45, 7) is 4.76. The fraction of sp³-hybridized carbons (Fsp3) is 0.471. The van der Waals surface area contributed by atoms with Gasteiger partial charge in [-0.15, -0.1) is 0 Å². The third-order valence-electron chi connectivity index (χ3n) is 3.26. The molecule has 0 aromatic heterocycles. The Hall–Kier alpha value is -1.97. The van der Waals surface area contributed by atoms with E-state index in [-0.39, 0.29) is 5.91 Å². The van der Waals surface area contributed by atoms with Crippen LogP contribution in [0, 0.1) is 0 Å². The SMILES string of the molecule is CCCCCNC(=O)/C=C(\C)c1ccc(OC)cc1OC. The lowest BCUT2D eigenvalue weighted by atomic mass is 10.1. The van der Waals surface area contributed by atoms with Crippen LogP contribution in [0.2, 0.25) is 0 Å². The molecule has 4 heteroatoms. The van der Waals surface area contributed by atoms with Gasteiger partial charge in [-0.05, 0) is 31.1 Å². The van der Waals surface area contributed by atoms with Gasteiger partial charge in [0.1, 0.15) is 11.5 Å². The summed E-state index contributed by atoms with van der Waals surface area (Å²) in [5, 5.41) is 2.90. The maximum absolute atomic E-state index is 11.9. The minimum Gasteiger partial charge on any atom is -0.497 e. The minimum absolute atomic E-state index is 0.0681. The smallest absolute Gasteiger partial charge is 0.244 e. The van der Waals surface area contributed by atoms with E-state index < -0.39 is 0 Å². The van der Waals surface area contributed by atoms with Crippen LogP contribution < -0.4 is 14.8 Å². The van der Waals surface area contributed by atoms with Gasteiger partial charge in [-0.3, -0.25) is 4.79 Å². The number of carbonyl (C=O) groups excluding carboxylic acids is 1. The topological polar surface area (TPSA) is 47.6 Å². The lowest BCUT2D eigenvalue weighted by molar-refractivity contribution is -0.116. The van der Waals surface area contributed by atoms with Crippen LogP contribution in [-0.4, -0.2) is 26.7 Å². The molecule has 0 saturated carbocycles. The van der Waals surface area contributed by atoms with Crippen molar-refractivity contribution in [3.63, 3.8) is 0 Å². The second-order valence-electron chi connectivity index (χ2n) is 4.89. The Morgan fingerprint density at radius 2 is 2.00 bits per heavy atom. The van der Waals surface area contributed by atoms with Crippen molar-refractivity contribution in [1.82, 2.24) is 5.32 Å². The summed E-state index contributed by atoms with van der Waals surface area (Å²) in [6, 6.07) is 5.56. The molecule has 0 aliphatic rings. The van der Waals surface area contributed by atoms with E-state index >= 15 is 0 Å². The van der Waals surface area contributed by atoms with Crippen LogP contribution in [-0.2, 0) is 4.79 Å². The fourth-order valence-electron chi connectivity index (χ4n) is 2.04. The number of rotatable bonds is 8. The molecule has 0 aliphatic heterocycles. The number of hydrogen-bond acceptors (Lipinski definition) is 3. The lowest BCUT2D eigenvalue weighted by Crippen LogP contribution is -2.22. The van der Waals surface area contributed by atoms with Gasteiger partial charge in [-0.2, -0.15) is 0 Å². The number of nitrogens with one attached hydrogen (secondary N) is 1. The first-order chi connectivity index (χ1) is 10.1. The normalized spacial score (nSPS) is 11.1. The van der Waals surface area contributed by atoms with Gasteiger partial charge in [-0.25, -0.2) is 0 Å². The Morgan fingerprint density at radius 3 is 2.62 bits per heavy atom. The molecule has 1 N–H and O–H groups in total. The molecule has 0 atom stereocenters. The maximum Gasteiger partial charge on any atom is 0.244 e. The third-order valence-corrected chi connectivity index (χ3v) is 3.26. The number of unbranched alkanes of at least 4 members (excludes halogenated alkanes) is 2. The number of benzene rings is 1. The lowest BCUT2D eigenvalue weighted by Gasteiger charge is -2.11. The van der Waals surface area contributed by atoms with Gasteiger partial charge in [-0.1, -0.05) is 19.8 Å². The summed E-state index contributed by atoms with van der Waals surface area (Å²) in [5.41, 5.74) is 1.75. The number of carbonyl (C=O) groups is 1. The first-order valence-electron chi connectivity index (χ1n) is 7.30. The molecule has 0 saturated heterocycles. The highest BCUT2D eigenvalue weighted by Crippen LogP contribution is 2.29. The van der Waals surface area contributed by atoms with Crippen LogP contribution in [0.15, 0.2) is 24.3 Å². The highest BCUT2D eigenvalue weighted by molar-refractivity contribution is 5.95. The highest BCUT2D eigenvalue weighted by Gasteiger charge is 2.08. The van der Waals surface area contributed by atoms with Gasteiger partial charge in [0.2, 0.25) is 5.91 Å². The van der Waals surface area contributed by atoms with Crippen molar-refractivity contribution in [2.75, 3.05) is 20.8 Å². The summed E-state index contributed by atoms with van der Waals surface area (Å²) in [7, 11) is 3.22. The summed E-state index contributed by atoms with van der Waals surface area (Å²) < 4.78 is 10.5. The molecule has 4 nitrogen and oxygen atoms in total. The zero-order valence-electron chi connectivity index (χ0n) is 13.4. The zero-order valence-corrected chi connectivity index (χ0v) is 13.4. The average Bonchev–Trinajstić information content (AvgIpc) is 2.50. The summed E-state index contributed by atoms with van der Waals surface area (Å²) >= 11 is 0. The van der Waals surface area contributed by atoms with Gasteiger partial charge in [0.25, 0.3) is 0 Å². The Morgan fingerprint density at radius 1 is 1.24 bits per heavy atom. The molecule has 0 bridgehead atoms. The minimum atomic E-state index is -0.0681. The van der Waals surface area contributed by atoms with E-state index in [4.69, 9.17) is 9.47 Å². The first-order valence-corrected chi connectivity index (χ1v) is 7.30. The molecule has 1 amide bonds. The van der Waals surface area contributed by atoms with E-state index in [1.165, 1.54) is 0 Å². The zero-order chi connectivity index (χ0) is 15.7. The van der Waals surface area contributed by atoms with E-state index in [9.17, 15) is 4.79 Å². The summed E-state index contributed by atoms with van der Waals surface area (Å²) in [5.74, 6) is 1.36. The molecule has 1 aromatic rings. The van der Waals surface area contributed by atoms with Gasteiger partial charge in [0, 0.05) is 24.3 Å². The van der Waals surface area contributed by atoms with E-state index in [0.717, 1.165) is 42.7 Å². The van der Waals surface area contributed by atoms with Crippen LogP contribution >= 0.6 is 0 Å². The number of hydrogen-bond donors (Lipinski definition) is 1. The van der Waals surface area contributed by atoms with Gasteiger partial charge < -0.3 is 14.8 Å². The molecule has 0 fully saturated rings. The fourth-order valence-corrected chi connectivity index (χ4v) is 2.04. The number of allylic oxidation sites excluding steroid dienone is 1. The molecule has 0 spiro atoms. The standard InChI is InChI=1S/C17H25NO3/c1-5-6-7-10-18-17(19)11-13(2)15-9-8-14(20-3)12-16(15)21-4/h8-9,11-12H,5-7,10H2,1-4H3,(H,18,19)/b13-11+. The molecule has 116 valence electrons. The van der Waals surface area contributed by atoms with Crippen molar-refractivity contribution in [2.45, 2.75) is 33.1 Å². The maximum atomic E-state index is 11.9. The predicted molar refractivity (Wildman–Crippen MR) is 85.7 cm³/mol. The first kappa shape index (κ1) is 17.1. The van der Waals surface area contributed by atoms with Crippen LogP contribution in [0.25, 0.3) is 5.57 Å². The molecule has 1 rings (SSSR count). The molecule has 0 aliphatic carbocycles. The van der Waals surface area contributed by atoms with Crippen molar-refractivity contribution in [2.24, 2.45) is 0 Å². The Bertz CT molecular complexity index is 495. The van der Waals surface area contributed by atoms with Crippen LogP contribution in [0.4, 0.5) is 0 Å². The summed E-state index contributed by atoms with van der Waals surface area (Å²) in [6.07, 6.45) is 4.90. The second-order valence-corrected chi connectivity index (χ2v) is 4.89. The molecular formula is C17H25NO3. The molecule has 21 heavy (non-hydrogen) atoms. The monoisotopic (exact) mass is 291 g/mol. The average molecular weight is 291 g/mol. The second kappa shape index (κ2) is 9.06. The highest BCUT2D eigenvalue weighted by atomic mass is 16.5. The van der Waals surface area contributed by atoms with E-state index in [0.29, 0.717) is 5.75 Å². The van der Waals surface area contributed by atoms with E-state index in [2.05, 4.69) is 12.2 Å². The number of amides is 1. The van der Waals surface area contributed by atoms with Crippen molar-refractivity contribution in [1.29, 1.82) is 0 Å². The largest absolute Gasteiger partial charge is 0.497 e. The quantitative estimate of drug-likeness (QED) is 0.590. The predicted octanol–water partition coefficient (Wildman–Crippen LogP) is 3.41. The van der Waals surface area contributed by atoms with Gasteiger partial charge in [0.05, 0.1) is 14.2 Å². The molecular weight excluding hydrogens is 266 g/mol. The van der Waals surface area contributed by atoms with Crippen LogP contribution in [0.3, 0.4) is 0 Å². The van der Waals surface area contributed by atoms with Crippen LogP contribution in [0.1, 0.15) is 38.7 Å². The summed E-state index contributed by atoms with van der Waals surface area (Å²) in [4.78, 5) is 11.9. The van der Waals surface area contributed by atoms with E-state index in [1.54, 1.807) is 20.3 Å².